The van der Waals surface area contributed by atoms with Crippen LogP contribution >= 0.6 is 11.8 Å². The van der Waals surface area contributed by atoms with Crippen LogP contribution in [0.3, 0.4) is 0 Å². The third-order valence-corrected chi connectivity index (χ3v) is 2.96. The van der Waals surface area contributed by atoms with Gasteiger partial charge in [0.05, 0.1) is 0 Å². The summed E-state index contributed by atoms with van der Waals surface area (Å²) in [5.74, 6) is 0.768. The minimum absolute atomic E-state index is 0.743. The Labute approximate surface area is 91.5 Å². The number of rotatable bonds is 9. The maximum Gasteiger partial charge on any atom is 0.364 e. The Morgan fingerprint density at radius 2 is 1.50 bits per heavy atom. The first-order chi connectivity index (χ1) is 6.77. The number of hydrogen-bond acceptors (Lipinski definition) is 2. The smallest absolute Gasteiger partial charge is 0.364 e. The summed E-state index contributed by atoms with van der Waals surface area (Å²) in [4.78, 5) is 10.2. The molecule has 0 amide bonds. The van der Waals surface area contributed by atoms with Crippen LogP contribution in [0.1, 0.15) is 58.3 Å². The summed E-state index contributed by atoms with van der Waals surface area (Å²) in [7, 11) is 0. The van der Waals surface area contributed by atoms with Crippen molar-refractivity contribution in [3.8, 4) is 0 Å². The molecular weight excluding hydrogens is 196 g/mol. The van der Waals surface area contributed by atoms with Gasteiger partial charge in [0.1, 0.15) is 0 Å². The van der Waals surface area contributed by atoms with E-state index in [-0.39, 0.29) is 0 Å². The molecule has 0 aliphatic carbocycles. The molecule has 2 nitrogen and oxygen atoms in total. The van der Waals surface area contributed by atoms with Crippen molar-refractivity contribution < 1.29 is 9.90 Å². The lowest BCUT2D eigenvalue weighted by Crippen LogP contribution is -1.88. The summed E-state index contributed by atoms with van der Waals surface area (Å²) in [6.45, 7) is 2.23. The van der Waals surface area contributed by atoms with Gasteiger partial charge in [-0.1, -0.05) is 51.9 Å². The Balaban J connectivity index is 2.88. The van der Waals surface area contributed by atoms with Crippen LogP contribution in [0, 0.1) is 0 Å². The van der Waals surface area contributed by atoms with Crippen molar-refractivity contribution in [2.75, 3.05) is 5.75 Å². The lowest BCUT2D eigenvalue weighted by molar-refractivity contribution is 0.222. The van der Waals surface area contributed by atoms with Gasteiger partial charge in [0.25, 0.3) is 0 Å². The lowest BCUT2D eigenvalue weighted by atomic mass is 10.1. The second-order valence-corrected chi connectivity index (χ2v) is 4.64. The standard InChI is InChI=1S/C11H22O2S/c1-2-3-4-5-6-7-8-9-10-14-11(12)13/h2-10H2,1H3,(H,12,13). The van der Waals surface area contributed by atoms with Gasteiger partial charge in [0.2, 0.25) is 0 Å². The van der Waals surface area contributed by atoms with E-state index in [0.717, 1.165) is 23.9 Å². The van der Waals surface area contributed by atoms with Crippen molar-refractivity contribution in [3.05, 3.63) is 0 Å². The topological polar surface area (TPSA) is 37.3 Å². The Morgan fingerprint density at radius 1 is 1.00 bits per heavy atom. The normalized spacial score (nSPS) is 10.4. The van der Waals surface area contributed by atoms with E-state index < -0.39 is 5.30 Å². The van der Waals surface area contributed by atoms with E-state index >= 15 is 0 Å². The number of hydrogen-bond donors (Lipinski definition) is 1. The van der Waals surface area contributed by atoms with Gasteiger partial charge in [-0.25, -0.2) is 4.79 Å². The van der Waals surface area contributed by atoms with Crippen LogP contribution < -0.4 is 0 Å². The highest BCUT2D eigenvalue weighted by Crippen LogP contribution is 2.11. The molecule has 3 heteroatoms. The molecule has 0 bridgehead atoms. The van der Waals surface area contributed by atoms with Crippen LogP contribution in [-0.2, 0) is 0 Å². The van der Waals surface area contributed by atoms with E-state index in [1.807, 2.05) is 0 Å². The fourth-order valence-electron chi connectivity index (χ4n) is 1.40. The van der Waals surface area contributed by atoms with Crippen molar-refractivity contribution in [2.45, 2.75) is 58.3 Å². The van der Waals surface area contributed by atoms with E-state index in [1.54, 1.807) is 0 Å². The first-order valence-electron chi connectivity index (χ1n) is 5.63. The summed E-state index contributed by atoms with van der Waals surface area (Å²) in [6.07, 6.45) is 10.2. The number of thioether (sulfide) groups is 1. The maximum atomic E-state index is 10.2. The monoisotopic (exact) mass is 218 g/mol. The molecule has 0 saturated carbocycles. The van der Waals surface area contributed by atoms with E-state index in [2.05, 4.69) is 6.92 Å². The van der Waals surface area contributed by atoms with Crippen molar-refractivity contribution in [3.63, 3.8) is 0 Å². The summed E-state index contributed by atoms with van der Waals surface area (Å²) in [5, 5.41) is 7.63. The zero-order valence-electron chi connectivity index (χ0n) is 9.13. The summed E-state index contributed by atoms with van der Waals surface area (Å²) in [6, 6.07) is 0. The molecule has 0 rings (SSSR count). The zero-order chi connectivity index (χ0) is 10.6. The lowest BCUT2D eigenvalue weighted by Gasteiger charge is -2.00. The first-order valence-corrected chi connectivity index (χ1v) is 6.61. The van der Waals surface area contributed by atoms with Crippen molar-refractivity contribution >= 4 is 17.1 Å². The Hall–Kier alpha value is -0.180. The minimum atomic E-state index is -0.743. The molecule has 0 saturated heterocycles. The van der Waals surface area contributed by atoms with Gasteiger partial charge >= 0.3 is 5.30 Å². The average Bonchev–Trinajstić information content (AvgIpc) is 2.15. The van der Waals surface area contributed by atoms with Crippen LogP contribution in [-0.4, -0.2) is 16.2 Å². The van der Waals surface area contributed by atoms with E-state index in [9.17, 15) is 4.79 Å². The van der Waals surface area contributed by atoms with Gasteiger partial charge in [-0.05, 0) is 18.2 Å². The molecule has 0 aromatic carbocycles. The molecule has 0 radical (unpaired) electrons. The molecule has 0 spiro atoms. The SMILES string of the molecule is CCCCCCCCCCSC(=O)O. The van der Waals surface area contributed by atoms with Crippen molar-refractivity contribution in [2.24, 2.45) is 0 Å². The summed E-state index contributed by atoms with van der Waals surface area (Å²) in [5.41, 5.74) is 0. The molecular formula is C11H22O2S. The molecule has 0 unspecified atom stereocenters. The third kappa shape index (κ3) is 11.8. The summed E-state index contributed by atoms with van der Waals surface area (Å²) < 4.78 is 0. The Kier molecular flexibility index (Phi) is 10.8. The molecule has 0 fully saturated rings. The quantitative estimate of drug-likeness (QED) is 0.577. The van der Waals surface area contributed by atoms with Crippen LogP contribution in [0.15, 0.2) is 0 Å². The predicted molar refractivity (Wildman–Crippen MR) is 63.1 cm³/mol. The highest BCUT2D eigenvalue weighted by Gasteiger charge is 1.96. The molecule has 0 aliphatic heterocycles. The number of unbranched alkanes of at least 4 members (excludes halogenated alkanes) is 7. The van der Waals surface area contributed by atoms with E-state index in [4.69, 9.17) is 5.11 Å². The fraction of sp³-hybridized carbons (Fsp3) is 0.909. The Morgan fingerprint density at radius 3 is 2.00 bits per heavy atom. The van der Waals surface area contributed by atoms with Gasteiger partial charge < -0.3 is 5.11 Å². The molecule has 0 heterocycles. The highest BCUT2D eigenvalue weighted by atomic mass is 32.2. The zero-order valence-corrected chi connectivity index (χ0v) is 9.94. The molecule has 0 atom stereocenters. The van der Waals surface area contributed by atoms with Gasteiger partial charge in [0.15, 0.2) is 0 Å². The van der Waals surface area contributed by atoms with Crippen molar-refractivity contribution in [1.29, 1.82) is 0 Å². The Bertz CT molecular complexity index is 137. The van der Waals surface area contributed by atoms with Gasteiger partial charge in [-0.2, -0.15) is 0 Å². The predicted octanol–water partition coefficient (Wildman–Crippen LogP) is 4.54. The fourth-order valence-corrected chi connectivity index (χ4v) is 1.92. The molecule has 0 aromatic rings. The molecule has 0 aromatic heterocycles. The largest absolute Gasteiger partial charge is 0.473 e. The van der Waals surface area contributed by atoms with E-state index in [0.29, 0.717) is 0 Å². The van der Waals surface area contributed by atoms with Gasteiger partial charge in [-0.15, -0.1) is 0 Å². The van der Waals surface area contributed by atoms with Crippen LogP contribution in [0.25, 0.3) is 0 Å². The van der Waals surface area contributed by atoms with Crippen molar-refractivity contribution in [1.82, 2.24) is 0 Å². The average molecular weight is 218 g/mol. The number of carboxylic acid groups (broad SMARTS) is 1. The maximum absolute atomic E-state index is 10.2. The highest BCUT2D eigenvalue weighted by molar-refractivity contribution is 8.13. The van der Waals surface area contributed by atoms with Crippen LogP contribution in [0.4, 0.5) is 4.79 Å². The van der Waals surface area contributed by atoms with Crippen LogP contribution in [0.5, 0.6) is 0 Å². The van der Waals surface area contributed by atoms with Gasteiger partial charge in [0, 0.05) is 5.75 Å². The summed E-state index contributed by atoms with van der Waals surface area (Å²) >= 11 is 1.02. The second kappa shape index (κ2) is 10.9. The molecule has 84 valence electrons. The van der Waals surface area contributed by atoms with Gasteiger partial charge in [-0.3, -0.25) is 0 Å². The second-order valence-electron chi connectivity index (χ2n) is 3.59. The van der Waals surface area contributed by atoms with E-state index in [1.165, 1.54) is 44.9 Å². The number of carbonyl (C=O) groups is 1. The first kappa shape index (κ1) is 13.8. The minimum Gasteiger partial charge on any atom is -0.473 e. The third-order valence-electron chi connectivity index (χ3n) is 2.22. The molecule has 0 aliphatic rings. The molecule has 1 N–H and O–H groups in total. The molecule has 14 heavy (non-hydrogen) atoms. The van der Waals surface area contributed by atoms with Crippen LogP contribution in [0.2, 0.25) is 0 Å².